The third kappa shape index (κ3) is 6.69. The number of rotatable bonds is 8. The molecule has 0 saturated carbocycles. The third-order valence-corrected chi connectivity index (χ3v) is 2.52. The normalized spacial score (nSPS) is 11.0. The predicted molar refractivity (Wildman–Crippen MR) is 57.2 cm³/mol. The van der Waals surface area contributed by atoms with Crippen LogP contribution in [0.4, 0.5) is 0 Å². The highest BCUT2D eigenvalue weighted by Gasteiger charge is 2.04. The van der Waals surface area contributed by atoms with E-state index in [0.29, 0.717) is 0 Å². The molecular weight excluding hydrogens is 144 g/mol. The largest absolute Gasteiger partial charge is 0.0654 e. The molecule has 1 radical (unpaired) electrons. The Morgan fingerprint density at radius 3 is 1.83 bits per heavy atom. The first-order valence-corrected chi connectivity index (χ1v) is 5.68. The molecule has 0 N–H and O–H groups in total. The van der Waals surface area contributed by atoms with E-state index in [4.69, 9.17) is 0 Å². The molecular formula is C12H25. The van der Waals surface area contributed by atoms with E-state index in [9.17, 15) is 0 Å². The maximum Gasteiger partial charge on any atom is -0.0244 e. The van der Waals surface area contributed by atoms with Gasteiger partial charge in [0.2, 0.25) is 0 Å². The lowest BCUT2D eigenvalue weighted by Gasteiger charge is -2.12. The van der Waals surface area contributed by atoms with Crippen LogP contribution in [-0.2, 0) is 0 Å². The van der Waals surface area contributed by atoms with E-state index in [0.717, 1.165) is 0 Å². The minimum atomic E-state index is 1.31. The van der Waals surface area contributed by atoms with Gasteiger partial charge in [0.15, 0.2) is 0 Å². The maximum atomic E-state index is 2.30. The van der Waals surface area contributed by atoms with E-state index in [2.05, 4.69) is 20.8 Å². The zero-order chi connectivity index (χ0) is 9.23. The van der Waals surface area contributed by atoms with Gasteiger partial charge in [-0.1, -0.05) is 52.9 Å². The fourth-order valence-corrected chi connectivity index (χ4v) is 1.53. The smallest absolute Gasteiger partial charge is 0.0244 e. The van der Waals surface area contributed by atoms with E-state index in [1.165, 1.54) is 51.4 Å². The van der Waals surface area contributed by atoms with Crippen molar-refractivity contribution in [2.75, 3.05) is 0 Å². The molecule has 12 heavy (non-hydrogen) atoms. The van der Waals surface area contributed by atoms with Gasteiger partial charge in [-0.3, -0.25) is 0 Å². The lowest BCUT2D eigenvalue weighted by molar-refractivity contribution is 0.589. The van der Waals surface area contributed by atoms with Gasteiger partial charge >= 0.3 is 0 Å². The van der Waals surface area contributed by atoms with Crippen LogP contribution in [0.1, 0.15) is 72.1 Å². The van der Waals surface area contributed by atoms with Gasteiger partial charge in [0, 0.05) is 0 Å². The van der Waals surface area contributed by atoms with E-state index in [1.54, 1.807) is 5.92 Å². The monoisotopic (exact) mass is 169 g/mol. The van der Waals surface area contributed by atoms with Crippen molar-refractivity contribution in [3.05, 3.63) is 5.92 Å². The molecule has 0 aromatic carbocycles. The highest BCUT2D eigenvalue weighted by molar-refractivity contribution is 4.87. The summed E-state index contributed by atoms with van der Waals surface area (Å²) >= 11 is 0. The van der Waals surface area contributed by atoms with Gasteiger partial charge < -0.3 is 0 Å². The topological polar surface area (TPSA) is 0 Å². The summed E-state index contributed by atoms with van der Waals surface area (Å²) in [6, 6.07) is 0. The van der Waals surface area contributed by atoms with Gasteiger partial charge in [0.05, 0.1) is 0 Å². The van der Waals surface area contributed by atoms with Crippen molar-refractivity contribution in [2.45, 2.75) is 72.1 Å². The fourth-order valence-electron chi connectivity index (χ4n) is 1.53. The molecule has 0 saturated heterocycles. The van der Waals surface area contributed by atoms with Crippen LogP contribution in [0.2, 0.25) is 0 Å². The Hall–Kier alpha value is 0. The van der Waals surface area contributed by atoms with Crippen LogP contribution in [0.5, 0.6) is 0 Å². The Morgan fingerprint density at radius 2 is 1.33 bits per heavy atom. The van der Waals surface area contributed by atoms with Crippen molar-refractivity contribution in [1.29, 1.82) is 0 Å². The number of hydrogen-bond donors (Lipinski definition) is 0. The molecule has 0 bridgehead atoms. The average Bonchev–Trinajstić information content (AvgIpc) is 2.11. The first-order chi connectivity index (χ1) is 5.85. The van der Waals surface area contributed by atoms with E-state index in [1.807, 2.05) is 0 Å². The molecule has 0 atom stereocenters. The quantitative estimate of drug-likeness (QED) is 0.460. The first-order valence-electron chi connectivity index (χ1n) is 5.68. The molecule has 0 aliphatic carbocycles. The molecule has 0 amide bonds. The van der Waals surface area contributed by atoms with E-state index < -0.39 is 0 Å². The lowest BCUT2D eigenvalue weighted by atomic mass is 9.93. The van der Waals surface area contributed by atoms with Crippen LogP contribution in [-0.4, -0.2) is 0 Å². The summed E-state index contributed by atoms with van der Waals surface area (Å²) < 4.78 is 0. The summed E-state index contributed by atoms with van der Waals surface area (Å²) in [6.07, 6.45) is 11.0. The van der Waals surface area contributed by atoms with Crippen LogP contribution in [0.25, 0.3) is 0 Å². The van der Waals surface area contributed by atoms with Crippen LogP contribution < -0.4 is 0 Å². The predicted octanol–water partition coefficient (Wildman–Crippen LogP) is 4.74. The van der Waals surface area contributed by atoms with Crippen LogP contribution in [0, 0.1) is 5.92 Å². The van der Waals surface area contributed by atoms with Gasteiger partial charge in [0.25, 0.3) is 0 Å². The summed E-state index contributed by atoms with van der Waals surface area (Å²) in [5.41, 5.74) is 0. The molecule has 0 aromatic heterocycles. The average molecular weight is 169 g/mol. The molecule has 0 rings (SSSR count). The van der Waals surface area contributed by atoms with Crippen molar-refractivity contribution in [1.82, 2.24) is 0 Å². The van der Waals surface area contributed by atoms with Crippen molar-refractivity contribution in [3.8, 4) is 0 Å². The van der Waals surface area contributed by atoms with Gasteiger partial charge in [-0.05, 0) is 25.2 Å². The molecule has 0 nitrogen and oxygen atoms in total. The second-order valence-corrected chi connectivity index (χ2v) is 3.66. The summed E-state index contributed by atoms with van der Waals surface area (Å²) in [6.45, 7) is 6.86. The summed E-state index contributed by atoms with van der Waals surface area (Å²) in [5.74, 6) is 1.80. The number of unbranched alkanes of at least 4 members (excludes halogenated alkanes) is 3. The third-order valence-electron chi connectivity index (χ3n) is 2.52. The Morgan fingerprint density at radius 1 is 0.750 bits per heavy atom. The van der Waals surface area contributed by atoms with Crippen molar-refractivity contribution < 1.29 is 0 Å². The van der Waals surface area contributed by atoms with Crippen LogP contribution in [0.3, 0.4) is 0 Å². The van der Waals surface area contributed by atoms with Gasteiger partial charge in [-0.15, -0.1) is 0 Å². The molecule has 73 valence electrons. The molecule has 0 fully saturated rings. The maximum absolute atomic E-state index is 2.30. The molecule has 0 heterocycles. The molecule has 0 unspecified atom stereocenters. The summed E-state index contributed by atoms with van der Waals surface area (Å²) in [4.78, 5) is 0. The minimum absolute atomic E-state index is 1.31. The molecule has 0 spiro atoms. The van der Waals surface area contributed by atoms with E-state index >= 15 is 0 Å². The van der Waals surface area contributed by atoms with Crippen molar-refractivity contribution in [2.24, 2.45) is 0 Å². The molecule has 0 aliphatic rings. The molecule has 0 heteroatoms. The van der Waals surface area contributed by atoms with Gasteiger partial charge in [0.1, 0.15) is 0 Å². The second kappa shape index (κ2) is 9.09. The minimum Gasteiger partial charge on any atom is -0.0654 e. The Bertz CT molecular complexity index is 76.1. The second-order valence-electron chi connectivity index (χ2n) is 3.66. The summed E-state index contributed by atoms with van der Waals surface area (Å²) in [7, 11) is 0. The highest BCUT2D eigenvalue weighted by Crippen LogP contribution is 2.21. The van der Waals surface area contributed by atoms with Crippen molar-refractivity contribution >= 4 is 0 Å². The zero-order valence-electron chi connectivity index (χ0n) is 9.16. The summed E-state index contributed by atoms with van der Waals surface area (Å²) in [5, 5.41) is 0. The first kappa shape index (κ1) is 12.0. The van der Waals surface area contributed by atoms with Crippen molar-refractivity contribution in [3.63, 3.8) is 0 Å². The SMILES string of the molecule is CCCCC[C](CC)CCCC. The number of hydrogen-bond acceptors (Lipinski definition) is 0. The standard InChI is InChI=1S/C12H25/c1-4-7-9-11-12(6-3)10-8-5-2/h4-11H2,1-3H3. The lowest BCUT2D eigenvalue weighted by Crippen LogP contribution is -1.95. The van der Waals surface area contributed by atoms with Crippen LogP contribution >= 0.6 is 0 Å². The fraction of sp³-hybridized carbons (Fsp3) is 0.917. The van der Waals surface area contributed by atoms with Gasteiger partial charge in [-0.2, -0.15) is 0 Å². The van der Waals surface area contributed by atoms with Crippen LogP contribution in [0.15, 0.2) is 0 Å². The molecule has 0 aromatic rings. The Balaban J connectivity index is 3.26. The zero-order valence-corrected chi connectivity index (χ0v) is 9.16. The van der Waals surface area contributed by atoms with E-state index in [-0.39, 0.29) is 0 Å². The Kier molecular flexibility index (Phi) is 9.09. The molecule has 0 aliphatic heterocycles. The van der Waals surface area contributed by atoms with Gasteiger partial charge in [-0.25, -0.2) is 0 Å². The Labute approximate surface area is 78.8 Å². The highest BCUT2D eigenvalue weighted by atomic mass is 14.1.